The van der Waals surface area contributed by atoms with Gasteiger partial charge in [-0.25, -0.2) is 9.69 Å². The van der Waals surface area contributed by atoms with Crippen LogP contribution in [-0.2, 0) is 12.8 Å². The summed E-state index contributed by atoms with van der Waals surface area (Å²) in [6.07, 6.45) is 9.17. The maximum atomic E-state index is 9.74. The van der Waals surface area contributed by atoms with Gasteiger partial charge in [0, 0.05) is 5.56 Å². The number of phenolic OH excluding ortho intramolecular Hbond substituents is 2. The summed E-state index contributed by atoms with van der Waals surface area (Å²) >= 11 is 0. The number of phenols is 2. The van der Waals surface area contributed by atoms with Crippen molar-refractivity contribution in [2.24, 2.45) is 0 Å². The van der Waals surface area contributed by atoms with E-state index in [0.717, 1.165) is 16.7 Å². The molecule has 4 aromatic carbocycles. The van der Waals surface area contributed by atoms with Gasteiger partial charge in [-0.2, -0.15) is 0 Å². The van der Waals surface area contributed by atoms with Crippen LogP contribution in [0.2, 0.25) is 0 Å². The first-order valence-corrected chi connectivity index (χ1v) is 11.4. The smallest absolute Gasteiger partial charge is 0.194 e. The summed E-state index contributed by atoms with van der Waals surface area (Å²) < 4.78 is 0. The van der Waals surface area contributed by atoms with E-state index in [9.17, 15) is 10.2 Å². The van der Waals surface area contributed by atoms with Gasteiger partial charge in [-0.3, -0.25) is 0 Å². The van der Waals surface area contributed by atoms with Crippen LogP contribution < -0.4 is 0 Å². The zero-order valence-corrected chi connectivity index (χ0v) is 19.8. The van der Waals surface area contributed by atoms with E-state index in [-0.39, 0.29) is 11.5 Å². The van der Waals surface area contributed by atoms with E-state index in [2.05, 4.69) is 9.69 Å². The van der Waals surface area contributed by atoms with Crippen LogP contribution in [0, 0.1) is 13.1 Å². The van der Waals surface area contributed by atoms with Crippen molar-refractivity contribution in [2.45, 2.75) is 12.8 Å². The Kier molecular flexibility index (Phi) is 9.66. The molecule has 0 heterocycles. The topological polar surface area (TPSA) is 49.2 Å². The Morgan fingerprint density at radius 3 is 1.78 bits per heavy atom. The highest BCUT2D eigenvalue weighted by molar-refractivity contribution is 5.60. The third-order valence-electron chi connectivity index (χ3n) is 5.32. The second-order valence-corrected chi connectivity index (χ2v) is 7.85. The Labute approximate surface area is 212 Å². The molecule has 0 spiro atoms. The number of hydrogen-bond donors (Lipinski definition) is 2. The zero-order chi connectivity index (χ0) is 25.6. The van der Waals surface area contributed by atoms with E-state index in [1.807, 2.05) is 85.0 Å². The van der Waals surface area contributed by atoms with Crippen LogP contribution in [-0.4, -0.2) is 10.2 Å². The van der Waals surface area contributed by atoms with Crippen molar-refractivity contribution in [2.75, 3.05) is 0 Å². The van der Waals surface area contributed by atoms with E-state index < -0.39 is 0 Å². The van der Waals surface area contributed by atoms with Crippen molar-refractivity contribution in [3.63, 3.8) is 0 Å². The molecular formula is C32H26N2O2. The summed E-state index contributed by atoms with van der Waals surface area (Å²) in [5.74, 6) is 0.363. The van der Waals surface area contributed by atoms with E-state index in [0.29, 0.717) is 29.8 Å². The van der Waals surface area contributed by atoms with Crippen molar-refractivity contribution in [3.8, 4) is 11.5 Å². The molecule has 0 aliphatic heterocycles. The van der Waals surface area contributed by atoms with Crippen molar-refractivity contribution in [1.82, 2.24) is 0 Å². The monoisotopic (exact) mass is 470 g/mol. The third-order valence-corrected chi connectivity index (χ3v) is 5.32. The molecule has 4 aromatic rings. The average molecular weight is 471 g/mol. The lowest BCUT2D eigenvalue weighted by molar-refractivity contribution is 0.469. The van der Waals surface area contributed by atoms with Crippen molar-refractivity contribution in [3.05, 3.63) is 154 Å². The first kappa shape index (κ1) is 25.6. The lowest BCUT2D eigenvalue weighted by atomic mass is 10.1. The summed E-state index contributed by atoms with van der Waals surface area (Å²) in [4.78, 5) is 6.69. The van der Waals surface area contributed by atoms with Gasteiger partial charge in [0.15, 0.2) is 11.4 Å². The summed E-state index contributed by atoms with van der Waals surface area (Å²) in [6, 6.07) is 30.0. The maximum absolute atomic E-state index is 9.74. The summed E-state index contributed by atoms with van der Waals surface area (Å²) in [5, 5.41) is 19.5. The van der Waals surface area contributed by atoms with E-state index in [4.69, 9.17) is 13.1 Å². The number of benzene rings is 4. The molecule has 0 atom stereocenters. The highest BCUT2D eigenvalue weighted by Gasteiger charge is 2.05. The lowest BCUT2D eigenvalue weighted by Crippen LogP contribution is -1.83. The maximum Gasteiger partial charge on any atom is 0.194 e. The van der Waals surface area contributed by atoms with Gasteiger partial charge in [0.2, 0.25) is 0 Å². The molecule has 0 bridgehead atoms. The van der Waals surface area contributed by atoms with E-state index in [1.54, 1.807) is 30.3 Å². The normalized spacial score (nSPS) is 10.4. The van der Waals surface area contributed by atoms with E-state index in [1.165, 1.54) is 6.07 Å². The Morgan fingerprint density at radius 1 is 0.611 bits per heavy atom. The molecule has 0 radical (unpaired) electrons. The third kappa shape index (κ3) is 7.76. The molecule has 4 rings (SSSR count). The Morgan fingerprint density at radius 2 is 1.22 bits per heavy atom. The standard InChI is InChI=1S/2C16H13NO/c1-17-15-11-6-12-16(18)14(15)10-5-9-13-7-3-2-4-8-13;1-17-15-11-10-14(16(18)12-15)9-5-8-13-6-3-2-4-7-13/h2-9,11-12,18H,10H2;2-8,10-12,18H,9H2/b9-5+;8-5+. The van der Waals surface area contributed by atoms with Gasteiger partial charge in [0.1, 0.15) is 11.5 Å². The molecule has 0 saturated carbocycles. The van der Waals surface area contributed by atoms with Crippen LogP contribution in [0.5, 0.6) is 11.5 Å². The van der Waals surface area contributed by atoms with Crippen LogP contribution >= 0.6 is 0 Å². The second-order valence-electron chi connectivity index (χ2n) is 7.85. The van der Waals surface area contributed by atoms with E-state index >= 15 is 0 Å². The second kappa shape index (κ2) is 13.6. The fourth-order valence-electron chi connectivity index (χ4n) is 3.43. The number of hydrogen-bond acceptors (Lipinski definition) is 2. The molecule has 0 saturated heterocycles. The number of nitrogens with zero attached hydrogens (tertiary/aromatic N) is 2. The fraction of sp³-hybridized carbons (Fsp3) is 0.0625. The molecule has 2 N–H and O–H groups in total. The molecule has 0 aliphatic carbocycles. The molecule has 0 unspecified atom stereocenters. The fourth-order valence-corrected chi connectivity index (χ4v) is 3.43. The number of allylic oxidation sites excluding steroid dienone is 2. The molecule has 4 nitrogen and oxygen atoms in total. The summed E-state index contributed by atoms with van der Waals surface area (Å²) in [7, 11) is 0. The minimum absolute atomic E-state index is 0.182. The SMILES string of the molecule is [C-]#[N+]c1ccc(C/C=C/c2ccccc2)c(O)c1.[C-]#[N+]c1cccc(O)c1C/C=C/c1ccccc1. The average Bonchev–Trinajstić information content (AvgIpc) is 2.92. The first-order valence-electron chi connectivity index (χ1n) is 11.4. The van der Waals surface area contributed by atoms with Crippen LogP contribution in [0.4, 0.5) is 11.4 Å². The Hall–Kier alpha value is -5.06. The van der Waals surface area contributed by atoms with Crippen molar-refractivity contribution < 1.29 is 10.2 Å². The van der Waals surface area contributed by atoms with Crippen molar-refractivity contribution >= 4 is 23.5 Å². The van der Waals surface area contributed by atoms with Crippen LogP contribution in [0.25, 0.3) is 21.8 Å². The quantitative estimate of drug-likeness (QED) is 0.278. The summed E-state index contributed by atoms with van der Waals surface area (Å²) in [6.45, 7) is 13.9. The molecule has 0 fully saturated rings. The van der Waals surface area contributed by atoms with Gasteiger partial charge in [0.05, 0.1) is 13.1 Å². The van der Waals surface area contributed by atoms with Crippen LogP contribution in [0.3, 0.4) is 0 Å². The highest BCUT2D eigenvalue weighted by atomic mass is 16.3. The largest absolute Gasteiger partial charge is 0.509 e. The molecule has 0 amide bonds. The zero-order valence-electron chi connectivity index (χ0n) is 19.8. The first-order chi connectivity index (χ1) is 17.6. The molecule has 0 aromatic heterocycles. The number of aromatic hydroxyl groups is 2. The van der Waals surface area contributed by atoms with Crippen LogP contribution in [0.15, 0.2) is 109 Å². The Balaban J connectivity index is 0.000000201. The van der Waals surface area contributed by atoms with Crippen LogP contribution in [0.1, 0.15) is 22.3 Å². The summed E-state index contributed by atoms with van der Waals surface area (Å²) in [5.41, 5.74) is 4.72. The number of rotatable bonds is 6. The predicted octanol–water partition coefficient (Wildman–Crippen LogP) is 8.40. The minimum Gasteiger partial charge on any atom is -0.509 e. The molecule has 36 heavy (non-hydrogen) atoms. The van der Waals surface area contributed by atoms with Gasteiger partial charge in [-0.15, -0.1) is 0 Å². The Bertz CT molecular complexity index is 1410. The highest BCUT2D eigenvalue weighted by Crippen LogP contribution is 2.28. The van der Waals surface area contributed by atoms with Crippen molar-refractivity contribution in [1.29, 1.82) is 0 Å². The minimum atomic E-state index is 0.182. The van der Waals surface area contributed by atoms with Gasteiger partial charge in [-0.1, -0.05) is 109 Å². The van der Waals surface area contributed by atoms with Gasteiger partial charge in [-0.05, 0) is 41.7 Å². The molecule has 0 aliphatic rings. The molecular weight excluding hydrogens is 444 g/mol. The molecule has 4 heteroatoms. The van der Waals surface area contributed by atoms with Gasteiger partial charge >= 0.3 is 0 Å². The lowest BCUT2D eigenvalue weighted by Gasteiger charge is -2.03. The predicted molar refractivity (Wildman–Crippen MR) is 147 cm³/mol. The molecule has 176 valence electrons. The van der Waals surface area contributed by atoms with Gasteiger partial charge in [0.25, 0.3) is 0 Å². The van der Waals surface area contributed by atoms with Gasteiger partial charge < -0.3 is 10.2 Å².